The number of carbonyl (C=O) groups excluding carboxylic acids is 1. The van der Waals surface area contributed by atoms with Crippen LogP contribution in [-0.2, 0) is 13.1 Å². The van der Waals surface area contributed by atoms with Crippen LogP contribution in [0.3, 0.4) is 0 Å². The number of thiophene rings is 1. The lowest BCUT2D eigenvalue weighted by atomic mass is 10.2. The molecule has 3 nitrogen and oxygen atoms in total. The average Bonchev–Trinajstić information content (AvgIpc) is 3.18. The Morgan fingerprint density at radius 2 is 1.96 bits per heavy atom. The van der Waals surface area contributed by atoms with Gasteiger partial charge >= 0.3 is 0 Å². The molecule has 3 aromatic rings. The van der Waals surface area contributed by atoms with Crippen LogP contribution in [-0.4, -0.2) is 10.5 Å². The van der Waals surface area contributed by atoms with Crippen LogP contribution < -0.4 is 5.32 Å². The molecular weight excluding hydrogens is 340 g/mol. The predicted octanol–water partition coefficient (Wildman–Crippen LogP) is 4.80. The van der Waals surface area contributed by atoms with Gasteiger partial charge in [0.2, 0.25) is 0 Å². The number of hydrogen-bond donors (Lipinski definition) is 1. The van der Waals surface area contributed by atoms with E-state index in [0.717, 1.165) is 29.1 Å². The van der Waals surface area contributed by atoms with Crippen molar-refractivity contribution in [1.82, 2.24) is 9.88 Å². The predicted molar refractivity (Wildman–Crippen MR) is 99.9 cm³/mol. The fourth-order valence-corrected chi connectivity index (χ4v) is 3.53. The van der Waals surface area contributed by atoms with Crippen LogP contribution in [0.4, 0.5) is 0 Å². The van der Waals surface area contributed by atoms with Crippen molar-refractivity contribution in [1.29, 1.82) is 0 Å². The smallest absolute Gasteiger partial charge is 0.253 e. The first-order valence-electron chi connectivity index (χ1n) is 7.76. The van der Waals surface area contributed by atoms with Crippen LogP contribution in [0, 0.1) is 13.8 Å². The zero-order chi connectivity index (χ0) is 17.1. The fourth-order valence-electron chi connectivity index (χ4n) is 2.71. The molecule has 0 atom stereocenters. The molecule has 3 rings (SSSR count). The van der Waals surface area contributed by atoms with E-state index in [2.05, 4.69) is 21.3 Å². The third-order valence-corrected chi connectivity index (χ3v) is 5.19. The Morgan fingerprint density at radius 3 is 2.62 bits per heavy atom. The van der Waals surface area contributed by atoms with Crippen molar-refractivity contribution < 1.29 is 4.79 Å². The van der Waals surface area contributed by atoms with Gasteiger partial charge in [-0.3, -0.25) is 4.79 Å². The molecule has 24 heavy (non-hydrogen) atoms. The summed E-state index contributed by atoms with van der Waals surface area (Å²) in [7, 11) is 0. The highest BCUT2D eigenvalue weighted by molar-refractivity contribution is 7.09. The summed E-state index contributed by atoms with van der Waals surface area (Å²) in [5.74, 6) is -0.0459. The van der Waals surface area contributed by atoms with Gasteiger partial charge in [-0.25, -0.2) is 0 Å². The maximum absolute atomic E-state index is 12.5. The standard InChI is InChI=1S/C19H19ClN2OS/c1-13-10-18(14(2)22(13)12-17-4-3-9-24-17)19(23)21-11-15-5-7-16(20)8-6-15/h3-10H,11-12H2,1-2H3,(H,21,23). The molecule has 0 aliphatic heterocycles. The Balaban J connectivity index is 1.72. The molecule has 0 spiro atoms. The Kier molecular flexibility index (Phi) is 5.07. The number of amides is 1. The molecule has 124 valence electrons. The first-order chi connectivity index (χ1) is 11.5. The molecule has 0 saturated carbocycles. The molecule has 0 unspecified atom stereocenters. The zero-order valence-electron chi connectivity index (χ0n) is 13.7. The van der Waals surface area contributed by atoms with Crippen molar-refractivity contribution in [2.75, 3.05) is 0 Å². The van der Waals surface area contributed by atoms with E-state index in [1.54, 1.807) is 11.3 Å². The van der Waals surface area contributed by atoms with Crippen LogP contribution in [0.2, 0.25) is 5.02 Å². The molecule has 1 aromatic carbocycles. The summed E-state index contributed by atoms with van der Waals surface area (Å²) < 4.78 is 2.18. The summed E-state index contributed by atoms with van der Waals surface area (Å²) in [5.41, 5.74) is 3.85. The Hall–Kier alpha value is -2.04. The lowest BCUT2D eigenvalue weighted by Gasteiger charge is -2.09. The minimum absolute atomic E-state index is 0.0459. The third kappa shape index (κ3) is 3.71. The number of hydrogen-bond acceptors (Lipinski definition) is 2. The summed E-state index contributed by atoms with van der Waals surface area (Å²) in [5, 5.41) is 5.75. The van der Waals surface area contributed by atoms with Crippen molar-refractivity contribution >= 4 is 28.8 Å². The molecule has 5 heteroatoms. The monoisotopic (exact) mass is 358 g/mol. The van der Waals surface area contributed by atoms with E-state index < -0.39 is 0 Å². The summed E-state index contributed by atoms with van der Waals surface area (Å²) >= 11 is 7.61. The average molecular weight is 359 g/mol. The zero-order valence-corrected chi connectivity index (χ0v) is 15.2. The van der Waals surface area contributed by atoms with E-state index in [-0.39, 0.29) is 5.91 Å². The van der Waals surface area contributed by atoms with Gasteiger partial charge in [0.1, 0.15) is 0 Å². The number of rotatable bonds is 5. The molecule has 0 fully saturated rings. The highest BCUT2D eigenvalue weighted by atomic mass is 35.5. The maximum Gasteiger partial charge on any atom is 0.253 e. The Labute approximate surface area is 150 Å². The van der Waals surface area contributed by atoms with Gasteiger partial charge in [-0.05, 0) is 49.1 Å². The fraction of sp³-hybridized carbons (Fsp3) is 0.211. The highest BCUT2D eigenvalue weighted by Gasteiger charge is 2.15. The van der Waals surface area contributed by atoms with Gasteiger partial charge in [0, 0.05) is 27.8 Å². The van der Waals surface area contributed by atoms with Crippen molar-refractivity contribution in [2.24, 2.45) is 0 Å². The van der Waals surface area contributed by atoms with Gasteiger partial charge in [-0.1, -0.05) is 29.8 Å². The first kappa shape index (κ1) is 16.8. The molecule has 1 N–H and O–H groups in total. The van der Waals surface area contributed by atoms with Crippen LogP contribution in [0.25, 0.3) is 0 Å². The number of benzene rings is 1. The molecular formula is C19H19ClN2OS. The second-order valence-corrected chi connectivity index (χ2v) is 7.23. The normalized spacial score (nSPS) is 10.8. The van der Waals surface area contributed by atoms with E-state index in [1.807, 2.05) is 50.2 Å². The van der Waals surface area contributed by atoms with Gasteiger partial charge in [-0.2, -0.15) is 0 Å². The molecule has 0 bridgehead atoms. The third-order valence-electron chi connectivity index (χ3n) is 4.08. The van der Waals surface area contributed by atoms with Crippen molar-refractivity contribution in [3.05, 3.63) is 80.3 Å². The number of aryl methyl sites for hydroxylation is 1. The van der Waals surface area contributed by atoms with E-state index in [0.29, 0.717) is 11.6 Å². The SMILES string of the molecule is Cc1cc(C(=O)NCc2ccc(Cl)cc2)c(C)n1Cc1cccs1. The first-order valence-corrected chi connectivity index (χ1v) is 9.02. The van der Waals surface area contributed by atoms with Gasteiger partial charge in [-0.15, -0.1) is 11.3 Å². The Morgan fingerprint density at radius 1 is 1.21 bits per heavy atom. The van der Waals surface area contributed by atoms with Gasteiger partial charge < -0.3 is 9.88 Å². The minimum atomic E-state index is -0.0459. The Bertz CT molecular complexity index is 835. The van der Waals surface area contributed by atoms with Crippen LogP contribution >= 0.6 is 22.9 Å². The van der Waals surface area contributed by atoms with Gasteiger partial charge in [0.15, 0.2) is 0 Å². The van der Waals surface area contributed by atoms with Gasteiger partial charge in [0.25, 0.3) is 5.91 Å². The van der Waals surface area contributed by atoms with Crippen LogP contribution in [0.15, 0.2) is 47.8 Å². The van der Waals surface area contributed by atoms with E-state index >= 15 is 0 Å². The molecule has 2 heterocycles. The van der Waals surface area contributed by atoms with E-state index in [1.165, 1.54) is 4.88 Å². The second-order valence-electron chi connectivity index (χ2n) is 5.76. The number of carbonyl (C=O) groups is 1. The molecule has 0 aliphatic carbocycles. The lowest BCUT2D eigenvalue weighted by molar-refractivity contribution is 0.0950. The van der Waals surface area contributed by atoms with Crippen LogP contribution in [0.5, 0.6) is 0 Å². The highest BCUT2D eigenvalue weighted by Crippen LogP contribution is 2.19. The number of nitrogens with one attached hydrogen (secondary N) is 1. The summed E-state index contributed by atoms with van der Waals surface area (Å²) in [6, 6.07) is 13.6. The number of halogens is 1. The second kappa shape index (κ2) is 7.24. The van der Waals surface area contributed by atoms with Crippen molar-refractivity contribution in [3.63, 3.8) is 0 Å². The summed E-state index contributed by atoms with van der Waals surface area (Å²) in [6.07, 6.45) is 0. The van der Waals surface area contributed by atoms with Crippen LogP contribution in [0.1, 0.15) is 32.2 Å². The van der Waals surface area contributed by atoms with Crippen molar-refractivity contribution in [2.45, 2.75) is 26.9 Å². The lowest BCUT2D eigenvalue weighted by Crippen LogP contribution is -2.23. The van der Waals surface area contributed by atoms with Crippen molar-refractivity contribution in [3.8, 4) is 0 Å². The molecule has 2 aromatic heterocycles. The number of aromatic nitrogens is 1. The summed E-state index contributed by atoms with van der Waals surface area (Å²) in [6.45, 7) is 5.33. The number of nitrogens with zero attached hydrogens (tertiary/aromatic N) is 1. The maximum atomic E-state index is 12.5. The largest absolute Gasteiger partial charge is 0.348 e. The minimum Gasteiger partial charge on any atom is -0.348 e. The molecule has 0 aliphatic rings. The molecule has 0 saturated heterocycles. The van der Waals surface area contributed by atoms with Gasteiger partial charge in [0.05, 0.1) is 12.1 Å². The quantitative estimate of drug-likeness (QED) is 0.698. The topological polar surface area (TPSA) is 34.0 Å². The molecule has 1 amide bonds. The summed E-state index contributed by atoms with van der Waals surface area (Å²) in [4.78, 5) is 13.8. The van der Waals surface area contributed by atoms with E-state index in [9.17, 15) is 4.79 Å². The van der Waals surface area contributed by atoms with E-state index in [4.69, 9.17) is 11.6 Å². The molecule has 0 radical (unpaired) electrons.